The van der Waals surface area contributed by atoms with Crippen LogP contribution in [-0.2, 0) is 9.59 Å². The van der Waals surface area contributed by atoms with Crippen LogP contribution in [0.1, 0.15) is 38.5 Å². The molecule has 1 rings (SSSR count). The number of nitrogens with two attached hydrogens (primary N) is 1. The van der Waals surface area contributed by atoms with E-state index in [4.69, 9.17) is 10.8 Å². The zero-order valence-electron chi connectivity index (χ0n) is 11.2. The van der Waals surface area contributed by atoms with Gasteiger partial charge < -0.3 is 26.6 Å². The molecule has 0 aromatic heterocycles. The van der Waals surface area contributed by atoms with Crippen LogP contribution >= 0.6 is 0 Å². The van der Waals surface area contributed by atoms with Crippen molar-refractivity contribution in [1.29, 1.82) is 0 Å². The summed E-state index contributed by atoms with van der Waals surface area (Å²) in [6.07, 6.45) is 2.93. The van der Waals surface area contributed by atoms with Gasteiger partial charge in [-0.3, -0.25) is 4.79 Å². The molecule has 1 aliphatic rings. The molecule has 1 aliphatic carbocycles. The summed E-state index contributed by atoms with van der Waals surface area (Å²) >= 11 is 0. The van der Waals surface area contributed by atoms with E-state index in [1.165, 1.54) is 0 Å². The van der Waals surface area contributed by atoms with Gasteiger partial charge in [0.05, 0.1) is 18.6 Å². The van der Waals surface area contributed by atoms with Crippen LogP contribution in [-0.4, -0.2) is 46.3 Å². The van der Waals surface area contributed by atoms with Gasteiger partial charge in [0.2, 0.25) is 5.91 Å². The monoisotopic (exact) mass is 287 g/mol. The van der Waals surface area contributed by atoms with Crippen LogP contribution < -0.4 is 16.4 Å². The molecule has 0 spiro atoms. The van der Waals surface area contributed by atoms with E-state index in [9.17, 15) is 19.5 Å². The second-order valence-corrected chi connectivity index (χ2v) is 4.99. The minimum Gasteiger partial charge on any atom is -0.480 e. The van der Waals surface area contributed by atoms with Gasteiger partial charge in [0.25, 0.3) is 0 Å². The lowest BCUT2D eigenvalue weighted by Gasteiger charge is -2.23. The molecule has 8 nitrogen and oxygen atoms in total. The van der Waals surface area contributed by atoms with Crippen molar-refractivity contribution in [3.63, 3.8) is 0 Å². The number of aliphatic hydroxyl groups is 1. The summed E-state index contributed by atoms with van der Waals surface area (Å²) in [6, 6.07) is -2.49. The topological polar surface area (TPSA) is 142 Å². The number of nitrogens with one attached hydrogen (secondary N) is 2. The molecule has 1 saturated carbocycles. The van der Waals surface area contributed by atoms with Crippen LogP contribution in [0.5, 0.6) is 0 Å². The number of hydrogen-bond donors (Lipinski definition) is 5. The average molecular weight is 287 g/mol. The molecule has 0 aromatic carbocycles. The molecule has 8 heteroatoms. The molecule has 1 fully saturated rings. The molecule has 20 heavy (non-hydrogen) atoms. The molecule has 3 amide bonds. The first kappa shape index (κ1) is 16.2. The van der Waals surface area contributed by atoms with Gasteiger partial charge >= 0.3 is 12.0 Å². The number of aliphatic carboxylic acids is 1. The van der Waals surface area contributed by atoms with Crippen molar-refractivity contribution in [2.45, 2.75) is 56.7 Å². The zero-order valence-corrected chi connectivity index (χ0v) is 11.2. The lowest BCUT2D eigenvalue weighted by Crippen LogP contribution is -2.52. The molecule has 6 N–H and O–H groups in total. The molecule has 0 bridgehead atoms. The summed E-state index contributed by atoms with van der Waals surface area (Å²) in [5, 5.41) is 23.5. The van der Waals surface area contributed by atoms with Crippen LogP contribution in [0.25, 0.3) is 0 Å². The number of primary amides is 1. The van der Waals surface area contributed by atoms with Gasteiger partial charge in [0, 0.05) is 0 Å². The van der Waals surface area contributed by atoms with E-state index in [1.807, 2.05) is 0 Å². The maximum absolute atomic E-state index is 11.7. The second-order valence-electron chi connectivity index (χ2n) is 4.99. The Morgan fingerprint density at radius 3 is 2.45 bits per heavy atom. The number of urea groups is 1. The first-order valence-electron chi connectivity index (χ1n) is 6.66. The summed E-state index contributed by atoms with van der Waals surface area (Å²) in [5.74, 6) is -2.15. The Hall–Kier alpha value is -1.83. The fourth-order valence-electron chi connectivity index (χ4n) is 2.23. The largest absolute Gasteiger partial charge is 0.480 e. The number of rotatable bonds is 5. The minimum atomic E-state index is -1.37. The number of carboxylic acid groups (broad SMARTS) is 1. The van der Waals surface area contributed by atoms with Gasteiger partial charge in [-0.25, -0.2) is 9.59 Å². The maximum Gasteiger partial charge on any atom is 0.326 e. The van der Waals surface area contributed by atoms with Crippen molar-refractivity contribution in [3.8, 4) is 0 Å². The van der Waals surface area contributed by atoms with E-state index in [1.54, 1.807) is 0 Å². The molecule has 114 valence electrons. The number of carbonyl (C=O) groups is 3. The van der Waals surface area contributed by atoms with Crippen LogP contribution in [0.4, 0.5) is 4.79 Å². The van der Waals surface area contributed by atoms with E-state index in [0.29, 0.717) is 12.8 Å². The molecular formula is C12H21N3O5. The first-order valence-corrected chi connectivity index (χ1v) is 6.66. The van der Waals surface area contributed by atoms with E-state index < -0.39 is 42.5 Å². The fourth-order valence-corrected chi connectivity index (χ4v) is 2.23. The Bertz CT molecular complexity index is 374. The molecule has 0 aliphatic heterocycles. The number of aliphatic hydroxyl groups excluding tert-OH is 1. The predicted molar refractivity (Wildman–Crippen MR) is 69.8 cm³/mol. The van der Waals surface area contributed by atoms with E-state index in [2.05, 4.69) is 10.6 Å². The lowest BCUT2D eigenvalue weighted by atomic mass is 10.1. The first-order chi connectivity index (χ1) is 9.40. The standard InChI is InChI=1S/C12H21N3O5/c13-10(17)6-8(11(18)19)15-12(20)14-7-4-2-1-3-5-9(7)16/h7-9,16H,1-6H2,(H2,13,17)(H,18,19)(H2,14,15,20). The van der Waals surface area contributed by atoms with Crippen LogP contribution in [0.15, 0.2) is 0 Å². The van der Waals surface area contributed by atoms with Crippen molar-refractivity contribution in [1.82, 2.24) is 10.6 Å². The summed E-state index contributed by atoms with van der Waals surface area (Å²) in [6.45, 7) is 0. The number of carbonyl (C=O) groups excluding carboxylic acids is 2. The van der Waals surface area contributed by atoms with Gasteiger partial charge in [-0.05, 0) is 12.8 Å². The number of hydrogen-bond acceptors (Lipinski definition) is 4. The van der Waals surface area contributed by atoms with E-state index in [-0.39, 0.29) is 0 Å². The van der Waals surface area contributed by atoms with Crippen molar-refractivity contribution < 1.29 is 24.6 Å². The highest BCUT2D eigenvalue weighted by Gasteiger charge is 2.26. The third-order valence-electron chi connectivity index (χ3n) is 3.30. The second kappa shape index (κ2) is 7.68. The maximum atomic E-state index is 11.7. The van der Waals surface area contributed by atoms with Crippen molar-refractivity contribution in [3.05, 3.63) is 0 Å². The van der Waals surface area contributed by atoms with Crippen molar-refractivity contribution in [2.75, 3.05) is 0 Å². The third kappa shape index (κ3) is 5.43. The molecule has 0 heterocycles. The Labute approximate surface area is 116 Å². The normalized spacial score (nSPS) is 24.2. The number of amides is 3. The zero-order chi connectivity index (χ0) is 15.1. The molecular weight excluding hydrogens is 266 g/mol. The fraction of sp³-hybridized carbons (Fsp3) is 0.750. The number of carboxylic acids is 1. The Morgan fingerprint density at radius 2 is 1.85 bits per heavy atom. The smallest absolute Gasteiger partial charge is 0.326 e. The molecule has 3 unspecified atom stereocenters. The van der Waals surface area contributed by atoms with Gasteiger partial charge in [-0.2, -0.15) is 0 Å². The van der Waals surface area contributed by atoms with Crippen molar-refractivity contribution >= 4 is 17.9 Å². The average Bonchev–Trinajstić information content (AvgIpc) is 2.53. The Balaban J connectivity index is 2.51. The van der Waals surface area contributed by atoms with Crippen LogP contribution in [0.3, 0.4) is 0 Å². The highest BCUT2D eigenvalue weighted by molar-refractivity contribution is 5.87. The Morgan fingerprint density at radius 1 is 1.20 bits per heavy atom. The third-order valence-corrected chi connectivity index (χ3v) is 3.30. The SMILES string of the molecule is NC(=O)CC(NC(=O)NC1CCCCCC1O)C(=O)O. The quantitative estimate of drug-likeness (QED) is 0.425. The van der Waals surface area contributed by atoms with Gasteiger partial charge in [-0.1, -0.05) is 19.3 Å². The summed E-state index contributed by atoms with van der Waals surface area (Å²) in [7, 11) is 0. The summed E-state index contributed by atoms with van der Waals surface area (Å²) < 4.78 is 0. The van der Waals surface area contributed by atoms with Crippen LogP contribution in [0, 0.1) is 0 Å². The summed E-state index contributed by atoms with van der Waals surface area (Å²) in [5.41, 5.74) is 4.92. The van der Waals surface area contributed by atoms with Gasteiger partial charge in [0.1, 0.15) is 6.04 Å². The van der Waals surface area contributed by atoms with Crippen molar-refractivity contribution in [2.24, 2.45) is 5.73 Å². The molecule has 3 atom stereocenters. The van der Waals surface area contributed by atoms with Crippen LogP contribution in [0.2, 0.25) is 0 Å². The highest BCUT2D eigenvalue weighted by atomic mass is 16.4. The van der Waals surface area contributed by atoms with Gasteiger partial charge in [0.15, 0.2) is 0 Å². The highest BCUT2D eigenvalue weighted by Crippen LogP contribution is 2.17. The molecule has 0 saturated heterocycles. The predicted octanol–water partition coefficient (Wildman–Crippen LogP) is -0.692. The van der Waals surface area contributed by atoms with E-state index >= 15 is 0 Å². The van der Waals surface area contributed by atoms with Gasteiger partial charge in [-0.15, -0.1) is 0 Å². The molecule has 0 radical (unpaired) electrons. The minimum absolute atomic E-state index is 0.402. The van der Waals surface area contributed by atoms with E-state index in [0.717, 1.165) is 19.3 Å². The Kier molecular flexibility index (Phi) is 6.23. The molecule has 0 aromatic rings. The summed E-state index contributed by atoms with van der Waals surface area (Å²) in [4.78, 5) is 33.3. The lowest BCUT2D eigenvalue weighted by molar-refractivity contribution is -0.140.